The minimum absolute atomic E-state index is 0.277. The topological polar surface area (TPSA) is 45.8 Å². The lowest BCUT2D eigenvalue weighted by Crippen LogP contribution is -2.10. The molecule has 68 valence electrons. The smallest absolute Gasteiger partial charge is 0.305 e. The fourth-order valence-electron chi connectivity index (χ4n) is 1.92. The van der Waals surface area contributed by atoms with Crippen LogP contribution < -0.4 is 5.69 Å². The molecule has 0 amide bonds. The van der Waals surface area contributed by atoms with Crippen molar-refractivity contribution in [2.75, 3.05) is 0 Å². The molecule has 0 radical (unpaired) electrons. The van der Waals surface area contributed by atoms with Crippen molar-refractivity contribution in [2.24, 2.45) is 0 Å². The third-order valence-corrected chi connectivity index (χ3v) is 2.56. The van der Waals surface area contributed by atoms with Crippen molar-refractivity contribution in [3.63, 3.8) is 0 Å². The Kier molecular flexibility index (Phi) is 1.36. The molecule has 0 fully saturated rings. The van der Waals surface area contributed by atoms with E-state index in [0.29, 0.717) is 0 Å². The molecular formula is C11H8N2O. The zero-order chi connectivity index (χ0) is 9.54. The van der Waals surface area contributed by atoms with Gasteiger partial charge in [-0.05, 0) is 11.1 Å². The third-order valence-electron chi connectivity index (χ3n) is 2.56. The molecule has 1 heterocycles. The van der Waals surface area contributed by atoms with E-state index >= 15 is 0 Å². The van der Waals surface area contributed by atoms with Gasteiger partial charge in [0, 0.05) is 18.2 Å². The quantitative estimate of drug-likeness (QED) is 0.573. The van der Waals surface area contributed by atoms with Gasteiger partial charge in [0.2, 0.25) is 0 Å². The number of fused-ring (bicyclic) bond motifs is 3. The van der Waals surface area contributed by atoms with Gasteiger partial charge in [-0.25, -0.2) is 9.78 Å². The van der Waals surface area contributed by atoms with Gasteiger partial charge in [0.1, 0.15) is 0 Å². The van der Waals surface area contributed by atoms with E-state index in [2.05, 4.69) is 16.0 Å². The highest BCUT2D eigenvalue weighted by atomic mass is 16.1. The van der Waals surface area contributed by atoms with Gasteiger partial charge in [0.25, 0.3) is 0 Å². The predicted octanol–water partition coefficient (Wildman–Crippen LogP) is 1.34. The number of hydrogen-bond donors (Lipinski definition) is 1. The summed E-state index contributed by atoms with van der Waals surface area (Å²) in [5.74, 6) is 0. The maximum absolute atomic E-state index is 11.1. The predicted molar refractivity (Wildman–Crippen MR) is 53.1 cm³/mol. The Bertz CT molecular complexity index is 557. The highest BCUT2D eigenvalue weighted by Crippen LogP contribution is 2.32. The van der Waals surface area contributed by atoms with Crippen molar-refractivity contribution in [1.82, 2.24) is 9.97 Å². The van der Waals surface area contributed by atoms with E-state index in [4.69, 9.17) is 0 Å². The number of nitrogens with one attached hydrogen (secondary N) is 1. The van der Waals surface area contributed by atoms with Gasteiger partial charge in [0.15, 0.2) is 0 Å². The summed E-state index contributed by atoms with van der Waals surface area (Å²) in [6, 6.07) is 8.09. The van der Waals surface area contributed by atoms with Crippen LogP contribution in [0.25, 0.3) is 11.3 Å². The second kappa shape index (κ2) is 2.54. The average Bonchev–Trinajstić information content (AvgIpc) is 2.56. The first-order valence-corrected chi connectivity index (χ1v) is 4.51. The maximum atomic E-state index is 11.1. The minimum atomic E-state index is -0.277. The normalized spacial score (nSPS) is 12.3. The first-order valence-electron chi connectivity index (χ1n) is 4.51. The molecule has 14 heavy (non-hydrogen) atoms. The van der Waals surface area contributed by atoms with Gasteiger partial charge in [-0.3, -0.25) is 0 Å². The summed E-state index contributed by atoms with van der Waals surface area (Å²) in [7, 11) is 0. The molecule has 3 nitrogen and oxygen atoms in total. The number of nitrogens with zero attached hydrogens (tertiary/aromatic N) is 1. The second-order valence-electron chi connectivity index (χ2n) is 3.42. The summed E-state index contributed by atoms with van der Waals surface area (Å²) in [5, 5.41) is 0. The van der Waals surface area contributed by atoms with E-state index in [1.165, 1.54) is 5.56 Å². The number of benzene rings is 1. The van der Waals surface area contributed by atoms with E-state index in [1.807, 2.05) is 18.2 Å². The molecule has 1 aliphatic rings. The number of hydrogen-bond acceptors (Lipinski definition) is 2. The van der Waals surface area contributed by atoms with E-state index in [-0.39, 0.29) is 5.69 Å². The summed E-state index contributed by atoms with van der Waals surface area (Å²) in [4.78, 5) is 17.6. The Morgan fingerprint density at radius 1 is 1.21 bits per heavy atom. The van der Waals surface area contributed by atoms with Crippen LogP contribution in [0.2, 0.25) is 0 Å². The SMILES string of the molecule is O=c1ncc2c([nH]1)-c1ccccc1C2. The van der Waals surface area contributed by atoms with Crippen molar-refractivity contribution in [3.8, 4) is 11.3 Å². The maximum Gasteiger partial charge on any atom is 0.345 e. The van der Waals surface area contributed by atoms with Crippen LogP contribution in [0.4, 0.5) is 0 Å². The van der Waals surface area contributed by atoms with E-state index in [0.717, 1.165) is 23.2 Å². The Hall–Kier alpha value is -1.90. The Labute approximate surface area is 80.4 Å². The molecule has 0 atom stereocenters. The summed E-state index contributed by atoms with van der Waals surface area (Å²) in [6.07, 6.45) is 2.53. The van der Waals surface area contributed by atoms with Crippen LogP contribution in [-0.2, 0) is 6.42 Å². The standard InChI is InChI=1S/C11H8N2O/c14-11-12-6-8-5-7-3-1-2-4-9(7)10(8)13-11/h1-4,6H,5H2,(H,12,13,14). The van der Waals surface area contributed by atoms with Gasteiger partial charge >= 0.3 is 5.69 Å². The number of rotatable bonds is 0. The fraction of sp³-hybridized carbons (Fsp3) is 0.0909. The lowest BCUT2D eigenvalue weighted by Gasteiger charge is -1.97. The molecule has 0 spiro atoms. The molecule has 1 aromatic carbocycles. The van der Waals surface area contributed by atoms with Crippen LogP contribution in [-0.4, -0.2) is 9.97 Å². The minimum Gasteiger partial charge on any atom is -0.305 e. The molecule has 3 rings (SSSR count). The summed E-state index contributed by atoms with van der Waals surface area (Å²) >= 11 is 0. The van der Waals surface area contributed by atoms with Crippen LogP contribution in [0, 0.1) is 0 Å². The van der Waals surface area contributed by atoms with Crippen molar-refractivity contribution in [1.29, 1.82) is 0 Å². The Morgan fingerprint density at radius 2 is 2.07 bits per heavy atom. The van der Waals surface area contributed by atoms with E-state index in [9.17, 15) is 4.79 Å². The molecule has 0 bridgehead atoms. The van der Waals surface area contributed by atoms with Crippen LogP contribution in [0.5, 0.6) is 0 Å². The largest absolute Gasteiger partial charge is 0.345 e. The van der Waals surface area contributed by atoms with Crippen LogP contribution in [0.3, 0.4) is 0 Å². The van der Waals surface area contributed by atoms with Crippen molar-refractivity contribution >= 4 is 0 Å². The summed E-state index contributed by atoms with van der Waals surface area (Å²) in [5.41, 5.74) is 4.14. The Morgan fingerprint density at radius 3 is 3.00 bits per heavy atom. The molecular weight excluding hydrogens is 176 g/mol. The zero-order valence-electron chi connectivity index (χ0n) is 7.45. The molecule has 0 unspecified atom stereocenters. The van der Waals surface area contributed by atoms with Crippen LogP contribution in [0.1, 0.15) is 11.1 Å². The third kappa shape index (κ3) is 0.923. The monoisotopic (exact) mass is 184 g/mol. The molecule has 1 N–H and O–H groups in total. The molecule has 0 saturated heterocycles. The molecule has 3 heteroatoms. The van der Waals surface area contributed by atoms with Crippen molar-refractivity contribution in [3.05, 3.63) is 52.1 Å². The van der Waals surface area contributed by atoms with Gasteiger partial charge in [0.05, 0.1) is 5.69 Å². The number of aromatic amines is 1. The second-order valence-corrected chi connectivity index (χ2v) is 3.42. The first-order chi connectivity index (χ1) is 6.84. The fourth-order valence-corrected chi connectivity index (χ4v) is 1.92. The highest BCUT2D eigenvalue weighted by molar-refractivity contribution is 5.72. The zero-order valence-corrected chi connectivity index (χ0v) is 7.45. The van der Waals surface area contributed by atoms with E-state index < -0.39 is 0 Å². The Balaban J connectivity index is 2.35. The van der Waals surface area contributed by atoms with Gasteiger partial charge in [-0.1, -0.05) is 24.3 Å². The molecule has 1 aliphatic carbocycles. The average molecular weight is 184 g/mol. The van der Waals surface area contributed by atoms with Crippen molar-refractivity contribution in [2.45, 2.75) is 6.42 Å². The first kappa shape index (κ1) is 7.50. The van der Waals surface area contributed by atoms with Crippen LogP contribution in [0.15, 0.2) is 35.3 Å². The molecule has 2 aromatic rings. The number of H-pyrrole nitrogens is 1. The van der Waals surface area contributed by atoms with Gasteiger partial charge in [-0.15, -0.1) is 0 Å². The highest BCUT2D eigenvalue weighted by Gasteiger charge is 2.18. The molecule has 0 saturated carbocycles. The molecule has 0 aliphatic heterocycles. The summed E-state index contributed by atoms with van der Waals surface area (Å²) in [6.45, 7) is 0. The number of aromatic nitrogens is 2. The van der Waals surface area contributed by atoms with Gasteiger partial charge < -0.3 is 4.98 Å². The lowest BCUT2D eigenvalue weighted by atomic mass is 10.1. The summed E-state index contributed by atoms with van der Waals surface area (Å²) < 4.78 is 0. The van der Waals surface area contributed by atoms with Gasteiger partial charge in [-0.2, -0.15) is 0 Å². The lowest BCUT2D eigenvalue weighted by molar-refractivity contribution is 1.05. The van der Waals surface area contributed by atoms with E-state index in [1.54, 1.807) is 6.20 Å². The van der Waals surface area contributed by atoms with Crippen molar-refractivity contribution < 1.29 is 0 Å². The molecule has 1 aromatic heterocycles. The van der Waals surface area contributed by atoms with Crippen LogP contribution >= 0.6 is 0 Å².